The molecule has 2 N–H and O–H groups in total. The maximum Gasteiger partial charge on any atom is 0.352 e. The van der Waals surface area contributed by atoms with Crippen molar-refractivity contribution in [1.82, 2.24) is 0 Å². The lowest BCUT2D eigenvalue weighted by atomic mass is 10.1. The Bertz CT molecular complexity index is 720. The van der Waals surface area contributed by atoms with E-state index < -0.39 is 10.9 Å². The average Bonchev–Trinajstić information content (AvgIpc) is 2.52. The number of nitrogens with one attached hydrogen (secondary N) is 1. The molecule has 0 saturated carbocycles. The van der Waals surface area contributed by atoms with E-state index in [0.717, 1.165) is 0 Å². The molecule has 0 fully saturated rings. The van der Waals surface area contributed by atoms with Gasteiger partial charge in [-0.05, 0) is 12.1 Å². The van der Waals surface area contributed by atoms with E-state index in [1.807, 2.05) is 6.07 Å². The number of benzene rings is 2. The zero-order chi connectivity index (χ0) is 15.9. The number of hydrazone groups is 1. The smallest absolute Gasteiger partial charge is 0.352 e. The third-order valence-electron chi connectivity index (χ3n) is 2.89. The monoisotopic (exact) mass is 335 g/mol. The number of anilines is 1. The minimum Gasteiger partial charge on any atom is -0.477 e. The van der Waals surface area contributed by atoms with Gasteiger partial charge in [0.1, 0.15) is 5.71 Å². The minimum absolute atomic E-state index is 0. The molecule has 0 aliphatic heterocycles. The van der Waals surface area contributed by atoms with Crippen LogP contribution >= 0.6 is 12.4 Å². The number of hydrogen-bond acceptors (Lipinski definition) is 5. The topological polar surface area (TPSA) is 105 Å². The minimum atomic E-state index is -1.23. The summed E-state index contributed by atoms with van der Waals surface area (Å²) in [5.41, 5.74) is 3.22. The molecular formula is C15H14ClN3O4. The molecule has 7 nitrogen and oxygen atoms in total. The van der Waals surface area contributed by atoms with Crippen LogP contribution in [0.25, 0.3) is 0 Å². The van der Waals surface area contributed by atoms with Gasteiger partial charge in [0, 0.05) is 18.1 Å². The van der Waals surface area contributed by atoms with Gasteiger partial charge in [-0.1, -0.05) is 36.4 Å². The first-order valence-corrected chi connectivity index (χ1v) is 6.41. The number of halogens is 1. The zero-order valence-electron chi connectivity index (χ0n) is 11.9. The molecule has 8 heteroatoms. The Hall–Kier alpha value is -2.93. The average molecular weight is 336 g/mol. The second kappa shape index (κ2) is 8.50. The second-order valence-electron chi connectivity index (χ2n) is 4.40. The van der Waals surface area contributed by atoms with Gasteiger partial charge in [0.25, 0.3) is 5.69 Å². The van der Waals surface area contributed by atoms with E-state index in [1.165, 1.54) is 18.2 Å². The van der Waals surface area contributed by atoms with Gasteiger partial charge in [-0.25, -0.2) is 4.79 Å². The van der Waals surface area contributed by atoms with Crippen LogP contribution in [0.2, 0.25) is 0 Å². The van der Waals surface area contributed by atoms with Crippen molar-refractivity contribution in [3.05, 3.63) is 70.3 Å². The van der Waals surface area contributed by atoms with Crippen molar-refractivity contribution in [3.63, 3.8) is 0 Å². The summed E-state index contributed by atoms with van der Waals surface area (Å²) >= 11 is 0. The van der Waals surface area contributed by atoms with Crippen LogP contribution < -0.4 is 5.43 Å². The number of para-hydroxylation sites is 2. The molecule has 0 spiro atoms. The lowest BCUT2D eigenvalue weighted by Crippen LogP contribution is -2.18. The first kappa shape index (κ1) is 18.1. The molecule has 0 saturated heterocycles. The van der Waals surface area contributed by atoms with E-state index in [9.17, 15) is 20.0 Å². The van der Waals surface area contributed by atoms with E-state index >= 15 is 0 Å². The number of nitro benzene ring substituents is 1. The number of carboxylic acid groups (broad SMARTS) is 1. The molecule has 0 heterocycles. The summed E-state index contributed by atoms with van der Waals surface area (Å²) in [5.74, 6) is -1.23. The van der Waals surface area contributed by atoms with Crippen LogP contribution in [-0.4, -0.2) is 21.7 Å². The maximum atomic E-state index is 11.3. The highest BCUT2D eigenvalue weighted by atomic mass is 35.5. The third kappa shape index (κ3) is 5.08. The Kier molecular flexibility index (Phi) is 6.69. The number of nitro groups is 1. The SMILES string of the molecule is Cl.O=C(O)/C(Cc1ccccc1[N+](=O)[O-])=N/Nc1ccccc1. The lowest BCUT2D eigenvalue weighted by Gasteiger charge is -2.05. The molecule has 0 amide bonds. The van der Waals surface area contributed by atoms with Crippen molar-refractivity contribution in [2.75, 3.05) is 5.43 Å². The normalized spacial score (nSPS) is 10.5. The summed E-state index contributed by atoms with van der Waals surface area (Å²) in [6.45, 7) is 0. The van der Waals surface area contributed by atoms with Gasteiger partial charge in [0.2, 0.25) is 0 Å². The van der Waals surface area contributed by atoms with E-state index in [4.69, 9.17) is 0 Å². The molecule has 2 aromatic rings. The van der Waals surface area contributed by atoms with Crippen LogP contribution in [-0.2, 0) is 11.2 Å². The molecule has 0 aromatic heterocycles. The fourth-order valence-electron chi connectivity index (χ4n) is 1.83. The maximum absolute atomic E-state index is 11.3. The molecule has 23 heavy (non-hydrogen) atoms. The molecule has 2 aromatic carbocycles. The Morgan fingerprint density at radius 2 is 1.74 bits per heavy atom. The summed E-state index contributed by atoms with van der Waals surface area (Å²) in [6.07, 6.45) is -0.147. The number of carbonyl (C=O) groups is 1. The lowest BCUT2D eigenvalue weighted by molar-refractivity contribution is -0.385. The first-order valence-electron chi connectivity index (χ1n) is 6.41. The van der Waals surface area contributed by atoms with Crippen molar-refractivity contribution in [2.24, 2.45) is 5.10 Å². The van der Waals surface area contributed by atoms with Crippen molar-refractivity contribution in [3.8, 4) is 0 Å². The van der Waals surface area contributed by atoms with Crippen LogP contribution in [0.4, 0.5) is 11.4 Å². The van der Waals surface area contributed by atoms with Crippen LogP contribution in [0.5, 0.6) is 0 Å². The standard InChI is InChI=1S/C15H13N3O4.ClH/c19-15(20)13(17-16-12-7-2-1-3-8-12)10-11-6-4-5-9-14(11)18(21)22;/h1-9,16H,10H2,(H,19,20);1H/b17-13+;. The highest BCUT2D eigenvalue weighted by molar-refractivity contribution is 6.36. The van der Waals surface area contributed by atoms with Crippen molar-refractivity contribution in [2.45, 2.75) is 6.42 Å². The summed E-state index contributed by atoms with van der Waals surface area (Å²) in [6, 6.07) is 14.8. The highest BCUT2D eigenvalue weighted by Crippen LogP contribution is 2.18. The van der Waals surface area contributed by atoms with Gasteiger partial charge < -0.3 is 5.11 Å². The molecule has 0 unspecified atom stereocenters. The van der Waals surface area contributed by atoms with Crippen LogP contribution in [0.15, 0.2) is 59.7 Å². The Morgan fingerprint density at radius 3 is 2.35 bits per heavy atom. The van der Waals surface area contributed by atoms with Gasteiger partial charge in [-0.15, -0.1) is 12.4 Å². The zero-order valence-corrected chi connectivity index (χ0v) is 12.7. The Balaban J connectivity index is 0.00000264. The van der Waals surface area contributed by atoms with Crippen molar-refractivity contribution in [1.29, 1.82) is 0 Å². The second-order valence-corrected chi connectivity index (χ2v) is 4.40. The van der Waals surface area contributed by atoms with Crippen molar-refractivity contribution >= 4 is 35.5 Å². The molecule has 0 radical (unpaired) electrons. The fourth-order valence-corrected chi connectivity index (χ4v) is 1.83. The third-order valence-corrected chi connectivity index (χ3v) is 2.89. The number of hydrogen-bond donors (Lipinski definition) is 2. The molecular weight excluding hydrogens is 322 g/mol. The summed E-state index contributed by atoms with van der Waals surface area (Å²) in [5, 5.41) is 24.0. The molecule has 2 rings (SSSR count). The van der Waals surface area contributed by atoms with Gasteiger partial charge in [-0.3, -0.25) is 15.5 Å². The van der Waals surface area contributed by atoms with E-state index in [0.29, 0.717) is 11.3 Å². The van der Waals surface area contributed by atoms with Crippen LogP contribution in [0.3, 0.4) is 0 Å². The quantitative estimate of drug-likeness (QED) is 0.479. The summed E-state index contributed by atoms with van der Waals surface area (Å²) in [4.78, 5) is 21.7. The van der Waals surface area contributed by atoms with Gasteiger partial charge >= 0.3 is 5.97 Å². The molecule has 0 aliphatic carbocycles. The highest BCUT2D eigenvalue weighted by Gasteiger charge is 2.18. The Morgan fingerprint density at radius 1 is 1.13 bits per heavy atom. The van der Waals surface area contributed by atoms with E-state index in [1.54, 1.807) is 30.3 Å². The first-order chi connectivity index (χ1) is 10.6. The largest absolute Gasteiger partial charge is 0.477 e. The predicted octanol–water partition coefficient (Wildman–Crippen LogP) is 3.11. The molecule has 120 valence electrons. The van der Waals surface area contributed by atoms with E-state index in [2.05, 4.69) is 10.5 Å². The number of carboxylic acids is 1. The summed E-state index contributed by atoms with van der Waals surface area (Å²) < 4.78 is 0. The van der Waals surface area contributed by atoms with Gasteiger partial charge in [0.05, 0.1) is 10.6 Å². The fraction of sp³-hybridized carbons (Fsp3) is 0.0667. The van der Waals surface area contributed by atoms with Gasteiger partial charge in [0.15, 0.2) is 0 Å². The Labute approximate surface area is 138 Å². The number of rotatable bonds is 6. The van der Waals surface area contributed by atoms with Gasteiger partial charge in [-0.2, -0.15) is 5.10 Å². The summed E-state index contributed by atoms with van der Waals surface area (Å²) in [7, 11) is 0. The number of aliphatic carboxylic acids is 1. The number of nitrogens with zero attached hydrogens (tertiary/aromatic N) is 2. The van der Waals surface area contributed by atoms with Crippen LogP contribution in [0, 0.1) is 10.1 Å². The van der Waals surface area contributed by atoms with E-state index in [-0.39, 0.29) is 30.2 Å². The predicted molar refractivity (Wildman–Crippen MR) is 89.2 cm³/mol. The molecule has 0 bridgehead atoms. The van der Waals surface area contributed by atoms with Crippen molar-refractivity contribution < 1.29 is 14.8 Å². The molecule has 0 aliphatic rings. The molecule has 0 atom stereocenters. The van der Waals surface area contributed by atoms with Crippen LogP contribution in [0.1, 0.15) is 5.56 Å².